The van der Waals surface area contributed by atoms with Crippen LogP contribution in [-0.2, 0) is 25.5 Å². The van der Waals surface area contributed by atoms with Gasteiger partial charge in [0.25, 0.3) is 6.33 Å². The molecule has 2 aromatic heterocycles. The van der Waals surface area contributed by atoms with Crippen LogP contribution in [0.3, 0.4) is 0 Å². The molecule has 6 aromatic rings. The second-order valence-corrected chi connectivity index (χ2v) is 13.0. The molecule has 4 nitrogen and oxygen atoms in total. The second-order valence-electron chi connectivity index (χ2n) is 13.0. The predicted octanol–water partition coefficient (Wildman–Crippen LogP) is 9.70. The Hall–Kier alpha value is -4.05. The Labute approximate surface area is 281 Å². The molecule has 0 saturated carbocycles. The van der Waals surface area contributed by atoms with E-state index in [1.165, 1.54) is 16.7 Å². The Kier molecular flexibility index (Phi) is 9.44. The van der Waals surface area contributed by atoms with Gasteiger partial charge < -0.3 is 14.3 Å². The summed E-state index contributed by atoms with van der Waals surface area (Å²) in [6.07, 6.45) is 5.40. The van der Waals surface area contributed by atoms with Gasteiger partial charge in [0, 0.05) is 11.9 Å². The normalized spacial score (nSPS) is 11.8. The number of para-hydroxylation sites is 1. The van der Waals surface area contributed by atoms with E-state index in [1.54, 1.807) is 6.20 Å². The van der Waals surface area contributed by atoms with Crippen LogP contribution in [0, 0.1) is 18.5 Å². The first-order chi connectivity index (χ1) is 21.1. The molecule has 1 aliphatic heterocycles. The van der Waals surface area contributed by atoms with E-state index in [2.05, 4.69) is 124 Å². The fraction of sp³-hybridized carbons (Fsp3) is 0.250. The molecule has 4 aromatic carbocycles. The summed E-state index contributed by atoms with van der Waals surface area (Å²) in [6, 6.07) is 37.7. The molecule has 45 heavy (non-hydrogen) atoms. The van der Waals surface area contributed by atoms with Crippen LogP contribution in [0.5, 0.6) is 11.5 Å². The largest absolute Gasteiger partial charge is 3.00 e. The van der Waals surface area contributed by atoms with E-state index in [-0.39, 0.29) is 25.5 Å². The molecule has 0 N–H and O–H groups in total. The Morgan fingerprint density at radius 2 is 1.53 bits per heavy atom. The van der Waals surface area contributed by atoms with Crippen LogP contribution >= 0.6 is 0 Å². The Morgan fingerprint density at radius 3 is 2.16 bits per heavy atom. The van der Waals surface area contributed by atoms with Crippen LogP contribution in [-0.4, -0.2) is 9.55 Å². The number of aromatic nitrogens is 3. The van der Waals surface area contributed by atoms with Crippen LogP contribution in [0.4, 0.5) is 0 Å². The molecule has 7 rings (SSSR count). The molecule has 0 fully saturated rings. The van der Waals surface area contributed by atoms with Gasteiger partial charge in [0.1, 0.15) is 11.3 Å². The first kappa shape index (κ1) is 32.3. The fourth-order valence-corrected chi connectivity index (χ4v) is 5.36. The van der Waals surface area contributed by atoms with Crippen molar-refractivity contribution in [3.63, 3.8) is 0 Å². The standard InChI is InChI=1S/C29H31N2O.C11H8N.Ir/c1-18(2)20-13-21(19(3)4)15-23(14-20)30-17-31-24-12-11-22(29(5,6)7)16-27(24)32-26-10-8-9-25(30)28(26)31;1-2-6-10(7-3-1)11-8-4-5-9-12-11;/h8-11,13-16,18-19H,1-7H3;1-6,8-9H;/q2*-1;+3. The average Bonchev–Trinajstić information content (AvgIpc) is 3.42. The third-order valence-corrected chi connectivity index (χ3v) is 8.04. The maximum Gasteiger partial charge on any atom is 3.00 e. The maximum absolute atomic E-state index is 6.37. The van der Waals surface area contributed by atoms with Gasteiger partial charge in [-0.25, -0.2) is 0 Å². The zero-order valence-electron chi connectivity index (χ0n) is 27.0. The van der Waals surface area contributed by atoms with Crippen LogP contribution in [0.25, 0.3) is 33.7 Å². The van der Waals surface area contributed by atoms with Crippen LogP contribution in [0.1, 0.15) is 77.0 Å². The van der Waals surface area contributed by atoms with Crippen molar-refractivity contribution >= 4 is 11.0 Å². The van der Waals surface area contributed by atoms with Crippen LogP contribution < -0.4 is 9.30 Å². The van der Waals surface area contributed by atoms with Crippen molar-refractivity contribution in [2.24, 2.45) is 0 Å². The molecule has 0 atom stereocenters. The molecule has 1 aliphatic rings. The van der Waals surface area contributed by atoms with E-state index in [0.29, 0.717) is 11.8 Å². The van der Waals surface area contributed by atoms with Crippen molar-refractivity contribution in [1.82, 2.24) is 9.55 Å². The average molecular weight is 770 g/mol. The molecule has 3 heterocycles. The third-order valence-electron chi connectivity index (χ3n) is 8.04. The summed E-state index contributed by atoms with van der Waals surface area (Å²) >= 11 is 0. The molecule has 0 saturated heterocycles. The summed E-state index contributed by atoms with van der Waals surface area (Å²) < 4.78 is 10.6. The molecule has 228 valence electrons. The van der Waals surface area contributed by atoms with E-state index in [9.17, 15) is 0 Å². The monoisotopic (exact) mass is 770 g/mol. The van der Waals surface area contributed by atoms with Gasteiger partial charge in [-0.05, 0) is 58.6 Å². The Morgan fingerprint density at radius 1 is 0.800 bits per heavy atom. The predicted molar refractivity (Wildman–Crippen MR) is 178 cm³/mol. The summed E-state index contributed by atoms with van der Waals surface area (Å²) in [4.78, 5) is 4.22. The topological polar surface area (TPSA) is 30.9 Å². The molecule has 5 heteroatoms. The van der Waals surface area contributed by atoms with Gasteiger partial charge in [0.05, 0.1) is 11.2 Å². The van der Waals surface area contributed by atoms with E-state index in [1.807, 2.05) is 48.5 Å². The first-order valence-corrected chi connectivity index (χ1v) is 15.4. The van der Waals surface area contributed by atoms with E-state index < -0.39 is 0 Å². The number of ether oxygens (including phenoxy) is 1. The Bertz CT molecular complexity index is 1860. The smallest absolute Gasteiger partial charge is 0.523 e. The number of benzene rings is 4. The number of imidazole rings is 1. The van der Waals surface area contributed by atoms with Gasteiger partial charge in [-0.1, -0.05) is 84.2 Å². The van der Waals surface area contributed by atoms with E-state index in [4.69, 9.17) is 4.74 Å². The van der Waals surface area contributed by atoms with Crippen molar-refractivity contribution in [3.05, 3.63) is 132 Å². The van der Waals surface area contributed by atoms with Gasteiger partial charge in [0.15, 0.2) is 0 Å². The van der Waals surface area contributed by atoms with Crippen molar-refractivity contribution < 1.29 is 29.4 Å². The summed E-state index contributed by atoms with van der Waals surface area (Å²) in [6.45, 7) is 15.6. The number of nitrogens with zero attached hydrogens (tertiary/aromatic N) is 3. The van der Waals surface area contributed by atoms with Gasteiger partial charge >= 0.3 is 20.1 Å². The molecular weight excluding hydrogens is 731 g/mol. The molecule has 0 aliphatic carbocycles. The van der Waals surface area contributed by atoms with Crippen molar-refractivity contribution in [3.8, 4) is 34.1 Å². The first-order valence-electron chi connectivity index (χ1n) is 15.4. The van der Waals surface area contributed by atoms with E-state index in [0.717, 1.165) is 45.2 Å². The summed E-state index contributed by atoms with van der Waals surface area (Å²) in [5, 5.41) is 0. The number of rotatable bonds is 4. The molecule has 0 spiro atoms. The van der Waals surface area contributed by atoms with Crippen LogP contribution in [0.2, 0.25) is 0 Å². The Balaban J connectivity index is 0.000000258. The zero-order chi connectivity index (χ0) is 31.0. The van der Waals surface area contributed by atoms with Gasteiger partial charge in [-0.2, -0.15) is 12.1 Å². The summed E-state index contributed by atoms with van der Waals surface area (Å²) in [5.74, 6) is 2.60. The SMILES string of the molecule is CC(C)c1cc(C(C)C)cc(-n2[c-][n+]3c4c(cccc42)Oc2cc(C(C)(C)C)c[c-]c2-3)c1.[Ir+3].[c-]1ccccc1-c1ccccn1. The summed E-state index contributed by atoms with van der Waals surface area (Å²) in [5.41, 5.74) is 10.1. The van der Waals surface area contributed by atoms with Crippen molar-refractivity contribution in [2.45, 2.75) is 65.7 Å². The number of pyridine rings is 1. The molecular formula is C40H39IrN3O+. The summed E-state index contributed by atoms with van der Waals surface area (Å²) in [7, 11) is 0. The van der Waals surface area contributed by atoms with E-state index >= 15 is 0 Å². The maximum atomic E-state index is 6.37. The molecule has 0 radical (unpaired) electrons. The molecule has 0 bridgehead atoms. The minimum atomic E-state index is 0. The minimum absolute atomic E-state index is 0. The number of hydrogen-bond donors (Lipinski definition) is 0. The second kappa shape index (κ2) is 13.1. The molecule has 0 amide bonds. The number of hydrogen-bond acceptors (Lipinski definition) is 2. The third kappa shape index (κ3) is 6.66. The van der Waals surface area contributed by atoms with Crippen LogP contribution in [0.15, 0.2) is 97.2 Å². The van der Waals surface area contributed by atoms with Crippen molar-refractivity contribution in [2.75, 3.05) is 0 Å². The van der Waals surface area contributed by atoms with Gasteiger partial charge in [-0.3, -0.25) is 4.57 Å². The zero-order valence-corrected chi connectivity index (χ0v) is 29.4. The molecule has 0 unspecified atom stereocenters. The minimum Gasteiger partial charge on any atom is -0.523 e. The van der Waals surface area contributed by atoms with Gasteiger partial charge in [-0.15, -0.1) is 47.5 Å². The fourth-order valence-electron chi connectivity index (χ4n) is 5.36. The van der Waals surface area contributed by atoms with Crippen molar-refractivity contribution in [1.29, 1.82) is 0 Å². The number of fused-ring (bicyclic) bond motifs is 2. The quantitative estimate of drug-likeness (QED) is 0.132. The van der Waals surface area contributed by atoms with Gasteiger partial charge in [0.2, 0.25) is 0 Å².